The first-order valence-corrected chi connectivity index (χ1v) is 7.17. The number of ether oxygens (including phenoxy) is 1. The molecule has 1 aromatic carbocycles. The van der Waals surface area contributed by atoms with Crippen molar-refractivity contribution in [2.45, 2.75) is 6.92 Å². The smallest absolute Gasteiger partial charge is 0.251 e. The summed E-state index contributed by atoms with van der Waals surface area (Å²) in [4.78, 5) is 25.8. The van der Waals surface area contributed by atoms with Crippen molar-refractivity contribution in [2.75, 3.05) is 44.7 Å². The molecule has 0 aromatic heterocycles. The number of benzene rings is 1. The van der Waals surface area contributed by atoms with Crippen LogP contribution < -0.4 is 10.6 Å². The van der Waals surface area contributed by atoms with Crippen molar-refractivity contribution in [3.63, 3.8) is 0 Å². The van der Waals surface area contributed by atoms with Crippen molar-refractivity contribution in [1.82, 2.24) is 10.2 Å². The van der Waals surface area contributed by atoms with Crippen LogP contribution in [0.3, 0.4) is 0 Å². The molecule has 0 spiro atoms. The Morgan fingerprint density at radius 1 is 1.29 bits per heavy atom. The van der Waals surface area contributed by atoms with Crippen LogP contribution in [0.1, 0.15) is 17.3 Å². The number of amides is 2. The molecule has 1 fully saturated rings. The van der Waals surface area contributed by atoms with Crippen molar-refractivity contribution < 1.29 is 14.3 Å². The van der Waals surface area contributed by atoms with Gasteiger partial charge in [0.1, 0.15) is 0 Å². The second-order valence-corrected chi connectivity index (χ2v) is 4.88. The highest BCUT2D eigenvalue weighted by Gasteiger charge is 2.14. The monoisotopic (exact) mass is 291 g/mol. The molecule has 1 saturated heterocycles. The topological polar surface area (TPSA) is 70.7 Å². The summed E-state index contributed by atoms with van der Waals surface area (Å²) in [6, 6.07) is 6.94. The fourth-order valence-electron chi connectivity index (χ4n) is 2.16. The largest absolute Gasteiger partial charge is 0.379 e. The summed E-state index contributed by atoms with van der Waals surface area (Å²) < 4.78 is 5.25. The number of nitrogens with zero attached hydrogens (tertiary/aromatic N) is 1. The van der Waals surface area contributed by atoms with E-state index in [0.717, 1.165) is 13.1 Å². The first-order valence-electron chi connectivity index (χ1n) is 7.17. The summed E-state index contributed by atoms with van der Waals surface area (Å²) in [5.74, 6) is -0.216. The van der Waals surface area contributed by atoms with Gasteiger partial charge in [-0.2, -0.15) is 0 Å². The number of nitrogens with one attached hydrogen (secondary N) is 2. The van der Waals surface area contributed by atoms with E-state index in [1.165, 1.54) is 0 Å². The lowest BCUT2D eigenvalue weighted by Gasteiger charge is -2.25. The molecule has 0 atom stereocenters. The van der Waals surface area contributed by atoms with Gasteiger partial charge in [-0.1, -0.05) is 6.07 Å². The van der Waals surface area contributed by atoms with E-state index in [9.17, 15) is 9.59 Å². The first kappa shape index (κ1) is 15.5. The van der Waals surface area contributed by atoms with Gasteiger partial charge < -0.3 is 15.4 Å². The van der Waals surface area contributed by atoms with Crippen LogP contribution >= 0.6 is 0 Å². The Morgan fingerprint density at radius 3 is 2.76 bits per heavy atom. The molecule has 2 amide bonds. The van der Waals surface area contributed by atoms with Gasteiger partial charge in [-0.3, -0.25) is 14.5 Å². The summed E-state index contributed by atoms with van der Waals surface area (Å²) in [6.45, 7) is 5.66. The van der Waals surface area contributed by atoms with Gasteiger partial charge in [0.05, 0.1) is 19.8 Å². The van der Waals surface area contributed by atoms with Gasteiger partial charge in [-0.05, 0) is 25.1 Å². The van der Waals surface area contributed by atoms with Gasteiger partial charge >= 0.3 is 0 Å². The molecule has 2 N–H and O–H groups in total. The molecule has 1 aromatic rings. The third kappa shape index (κ3) is 4.84. The van der Waals surface area contributed by atoms with E-state index in [1.807, 2.05) is 11.8 Å². The van der Waals surface area contributed by atoms with Crippen molar-refractivity contribution >= 4 is 17.5 Å². The molecule has 1 heterocycles. The fourth-order valence-corrected chi connectivity index (χ4v) is 2.16. The minimum absolute atomic E-state index is 0.0788. The molecule has 2 rings (SSSR count). The highest BCUT2D eigenvalue weighted by molar-refractivity contribution is 5.97. The van der Waals surface area contributed by atoms with Crippen LogP contribution in [0, 0.1) is 0 Å². The van der Waals surface area contributed by atoms with Gasteiger partial charge in [-0.25, -0.2) is 0 Å². The molecule has 0 radical (unpaired) electrons. The minimum atomic E-state index is -0.137. The normalized spacial score (nSPS) is 15.5. The summed E-state index contributed by atoms with van der Waals surface area (Å²) in [5.41, 5.74) is 1.18. The molecule has 0 aliphatic carbocycles. The lowest BCUT2D eigenvalue weighted by Crippen LogP contribution is -2.41. The number of hydrogen-bond donors (Lipinski definition) is 2. The highest BCUT2D eigenvalue weighted by atomic mass is 16.5. The maximum Gasteiger partial charge on any atom is 0.251 e. The molecule has 6 nitrogen and oxygen atoms in total. The molecule has 21 heavy (non-hydrogen) atoms. The highest BCUT2D eigenvalue weighted by Crippen LogP contribution is 2.11. The number of hydrogen-bond acceptors (Lipinski definition) is 4. The number of carbonyl (C=O) groups excluding carboxylic acids is 2. The maximum atomic E-state index is 12.0. The average molecular weight is 291 g/mol. The number of carbonyl (C=O) groups is 2. The Morgan fingerprint density at radius 2 is 2.05 bits per heavy atom. The van der Waals surface area contributed by atoms with E-state index in [0.29, 0.717) is 37.6 Å². The molecular weight excluding hydrogens is 270 g/mol. The Kier molecular flexibility index (Phi) is 5.71. The van der Waals surface area contributed by atoms with Crippen LogP contribution in [-0.4, -0.2) is 56.1 Å². The Balaban J connectivity index is 1.91. The SMILES string of the molecule is CCNC(=O)c1cccc(NC(=O)CN2CCOCC2)c1. The van der Waals surface area contributed by atoms with E-state index in [-0.39, 0.29) is 11.8 Å². The standard InChI is InChI=1S/C15H21N3O3/c1-2-16-15(20)12-4-3-5-13(10-12)17-14(19)11-18-6-8-21-9-7-18/h3-5,10H,2,6-9,11H2,1H3,(H,16,20)(H,17,19). The van der Waals surface area contributed by atoms with Crippen LogP contribution in [0.2, 0.25) is 0 Å². The predicted octanol–water partition coefficient (Wildman–Crippen LogP) is 0.707. The van der Waals surface area contributed by atoms with Gasteiger partial charge in [0.15, 0.2) is 0 Å². The number of morpholine rings is 1. The van der Waals surface area contributed by atoms with Crippen molar-refractivity contribution in [2.24, 2.45) is 0 Å². The van der Waals surface area contributed by atoms with E-state index in [4.69, 9.17) is 4.74 Å². The van der Waals surface area contributed by atoms with E-state index < -0.39 is 0 Å². The summed E-state index contributed by atoms with van der Waals surface area (Å²) >= 11 is 0. The van der Waals surface area contributed by atoms with E-state index in [1.54, 1.807) is 24.3 Å². The van der Waals surface area contributed by atoms with E-state index in [2.05, 4.69) is 10.6 Å². The second kappa shape index (κ2) is 7.75. The van der Waals surface area contributed by atoms with Gasteiger partial charge in [0, 0.05) is 30.9 Å². The summed E-state index contributed by atoms with van der Waals surface area (Å²) in [6.07, 6.45) is 0. The molecule has 1 aliphatic rings. The van der Waals surface area contributed by atoms with Crippen LogP contribution in [0.25, 0.3) is 0 Å². The lowest BCUT2D eigenvalue weighted by atomic mass is 10.2. The van der Waals surface area contributed by atoms with Crippen molar-refractivity contribution in [3.8, 4) is 0 Å². The Hall–Kier alpha value is -1.92. The van der Waals surface area contributed by atoms with E-state index >= 15 is 0 Å². The number of anilines is 1. The van der Waals surface area contributed by atoms with Crippen LogP contribution in [0.5, 0.6) is 0 Å². The predicted molar refractivity (Wildman–Crippen MR) is 80.3 cm³/mol. The van der Waals surface area contributed by atoms with Gasteiger partial charge in [0.25, 0.3) is 5.91 Å². The third-order valence-corrected chi connectivity index (χ3v) is 3.22. The van der Waals surface area contributed by atoms with Crippen LogP contribution in [-0.2, 0) is 9.53 Å². The Labute approximate surface area is 124 Å². The number of rotatable bonds is 5. The molecule has 0 unspecified atom stereocenters. The maximum absolute atomic E-state index is 12.0. The zero-order valence-electron chi connectivity index (χ0n) is 12.2. The van der Waals surface area contributed by atoms with Gasteiger partial charge in [-0.15, -0.1) is 0 Å². The lowest BCUT2D eigenvalue weighted by molar-refractivity contribution is -0.118. The average Bonchev–Trinajstić information content (AvgIpc) is 2.48. The van der Waals surface area contributed by atoms with Crippen molar-refractivity contribution in [1.29, 1.82) is 0 Å². The third-order valence-electron chi connectivity index (χ3n) is 3.22. The summed E-state index contributed by atoms with van der Waals surface area (Å²) in [5, 5.41) is 5.56. The zero-order chi connectivity index (χ0) is 15.1. The minimum Gasteiger partial charge on any atom is -0.379 e. The second-order valence-electron chi connectivity index (χ2n) is 4.88. The molecule has 0 bridgehead atoms. The van der Waals surface area contributed by atoms with Gasteiger partial charge in [0.2, 0.25) is 5.91 Å². The first-order chi connectivity index (χ1) is 10.2. The Bertz CT molecular complexity index is 499. The molecule has 6 heteroatoms. The molecule has 114 valence electrons. The van der Waals surface area contributed by atoms with Crippen molar-refractivity contribution in [3.05, 3.63) is 29.8 Å². The fraction of sp³-hybridized carbons (Fsp3) is 0.467. The molecule has 1 aliphatic heterocycles. The zero-order valence-corrected chi connectivity index (χ0v) is 12.2. The quantitative estimate of drug-likeness (QED) is 0.838. The van der Waals surface area contributed by atoms with Crippen LogP contribution in [0.15, 0.2) is 24.3 Å². The van der Waals surface area contributed by atoms with Crippen LogP contribution in [0.4, 0.5) is 5.69 Å². The summed E-state index contributed by atoms with van der Waals surface area (Å²) in [7, 11) is 0. The molecular formula is C15H21N3O3. The molecule has 0 saturated carbocycles.